The highest BCUT2D eigenvalue weighted by Gasteiger charge is 2.33. The molecule has 0 aliphatic heterocycles. The van der Waals surface area contributed by atoms with Crippen LogP contribution in [-0.2, 0) is 6.18 Å². The third-order valence-electron chi connectivity index (χ3n) is 1.32. The van der Waals surface area contributed by atoms with E-state index in [1.165, 1.54) is 0 Å². The van der Waals surface area contributed by atoms with Gasteiger partial charge in [-0.2, -0.15) is 13.2 Å². The molecule has 0 radical (unpaired) electrons. The average Bonchev–Trinajstić information content (AvgIpc) is 2.02. The van der Waals surface area contributed by atoms with Gasteiger partial charge in [-0.05, 0) is 46.3 Å². The number of carbonyl (C=O) groups is 1. The lowest BCUT2D eigenvalue weighted by molar-refractivity contribution is -0.141. The second-order valence-corrected chi connectivity index (χ2v) is 3.80. The van der Waals surface area contributed by atoms with Crippen LogP contribution in [-0.4, -0.2) is 10.2 Å². The molecule has 0 aromatic carbocycles. The third-order valence-corrected chi connectivity index (χ3v) is 2.37. The van der Waals surface area contributed by atoms with Gasteiger partial charge in [0.25, 0.3) is 5.24 Å². The highest BCUT2D eigenvalue weighted by atomic mass is 127. The molecule has 1 heterocycles. The van der Waals surface area contributed by atoms with E-state index in [1.807, 2.05) is 0 Å². The molecule has 0 N–H and O–H groups in total. The molecule has 14 heavy (non-hydrogen) atoms. The maximum atomic E-state index is 12.1. The third kappa shape index (κ3) is 2.57. The molecule has 1 aromatic rings. The zero-order valence-electron chi connectivity index (χ0n) is 6.40. The van der Waals surface area contributed by atoms with Gasteiger partial charge in [0.1, 0.15) is 11.4 Å². The number of alkyl halides is 3. The van der Waals surface area contributed by atoms with Gasteiger partial charge in [-0.1, -0.05) is 0 Å². The largest absolute Gasteiger partial charge is 0.433 e. The van der Waals surface area contributed by atoms with Crippen LogP contribution < -0.4 is 0 Å². The number of pyridine rings is 1. The highest BCUT2D eigenvalue weighted by Crippen LogP contribution is 2.28. The van der Waals surface area contributed by atoms with E-state index in [1.54, 1.807) is 22.6 Å². The highest BCUT2D eigenvalue weighted by molar-refractivity contribution is 14.1. The van der Waals surface area contributed by atoms with Crippen LogP contribution in [0.4, 0.5) is 13.2 Å². The van der Waals surface area contributed by atoms with E-state index in [0.717, 1.165) is 12.1 Å². The Morgan fingerprint density at radius 1 is 1.43 bits per heavy atom. The number of rotatable bonds is 1. The van der Waals surface area contributed by atoms with Crippen molar-refractivity contribution >= 4 is 39.4 Å². The van der Waals surface area contributed by atoms with Crippen molar-refractivity contribution in [3.63, 3.8) is 0 Å². The van der Waals surface area contributed by atoms with E-state index in [-0.39, 0.29) is 9.26 Å². The number of nitrogens with zero attached hydrogens (tertiary/aromatic N) is 1. The van der Waals surface area contributed by atoms with Crippen LogP contribution in [0.5, 0.6) is 0 Å². The van der Waals surface area contributed by atoms with E-state index < -0.39 is 17.1 Å². The second-order valence-electron chi connectivity index (χ2n) is 2.30. The summed E-state index contributed by atoms with van der Waals surface area (Å²) in [5.41, 5.74) is -1.50. The molecular formula is C7H2ClF3INO. The Kier molecular flexibility index (Phi) is 3.36. The summed E-state index contributed by atoms with van der Waals surface area (Å²) in [5, 5.41) is -1.000. The molecule has 0 saturated carbocycles. The quantitative estimate of drug-likeness (QED) is 0.583. The Hall–Kier alpha value is -0.370. The molecule has 0 fully saturated rings. The molecule has 0 saturated heterocycles. The molecule has 76 valence electrons. The Bertz CT molecular complexity index is 380. The summed E-state index contributed by atoms with van der Waals surface area (Å²) >= 11 is 6.74. The summed E-state index contributed by atoms with van der Waals surface area (Å²) < 4.78 is 36.7. The maximum absolute atomic E-state index is 12.1. The second kappa shape index (κ2) is 4.01. The Labute approximate surface area is 95.6 Å². The van der Waals surface area contributed by atoms with Crippen molar-refractivity contribution in [2.75, 3.05) is 0 Å². The van der Waals surface area contributed by atoms with Crippen LogP contribution in [0.25, 0.3) is 0 Å². The molecule has 0 aliphatic rings. The van der Waals surface area contributed by atoms with Crippen molar-refractivity contribution in [1.29, 1.82) is 0 Å². The minimum Gasteiger partial charge on any atom is -0.274 e. The van der Waals surface area contributed by atoms with Crippen LogP contribution in [0.1, 0.15) is 16.2 Å². The van der Waals surface area contributed by atoms with E-state index in [4.69, 9.17) is 11.6 Å². The molecule has 0 aliphatic carbocycles. The predicted molar refractivity (Wildman–Crippen MR) is 52.1 cm³/mol. The van der Waals surface area contributed by atoms with Crippen LogP contribution in [0.2, 0.25) is 0 Å². The van der Waals surface area contributed by atoms with Crippen molar-refractivity contribution in [1.82, 2.24) is 4.98 Å². The summed E-state index contributed by atoms with van der Waals surface area (Å²) in [7, 11) is 0. The normalized spacial score (nSPS) is 11.5. The van der Waals surface area contributed by atoms with Crippen molar-refractivity contribution in [2.24, 2.45) is 0 Å². The average molecular weight is 335 g/mol. The first kappa shape index (κ1) is 11.7. The van der Waals surface area contributed by atoms with Crippen LogP contribution in [0.3, 0.4) is 0 Å². The summed E-state index contributed by atoms with van der Waals surface area (Å²) in [5.74, 6) is 0. The maximum Gasteiger partial charge on any atom is 0.433 e. The van der Waals surface area contributed by atoms with Crippen molar-refractivity contribution in [2.45, 2.75) is 6.18 Å². The Morgan fingerprint density at radius 3 is 2.43 bits per heavy atom. The lowest BCUT2D eigenvalue weighted by Gasteiger charge is -2.06. The van der Waals surface area contributed by atoms with Crippen LogP contribution >= 0.6 is 34.2 Å². The van der Waals surface area contributed by atoms with Gasteiger partial charge in [0, 0.05) is 3.57 Å². The molecule has 0 unspecified atom stereocenters. The first-order chi connectivity index (χ1) is 6.32. The van der Waals surface area contributed by atoms with E-state index in [0.29, 0.717) is 0 Å². The van der Waals surface area contributed by atoms with Crippen LogP contribution in [0.15, 0.2) is 12.1 Å². The number of hydrogen-bond acceptors (Lipinski definition) is 2. The van der Waals surface area contributed by atoms with Gasteiger partial charge < -0.3 is 0 Å². The topological polar surface area (TPSA) is 30.0 Å². The van der Waals surface area contributed by atoms with Gasteiger partial charge in [-0.15, -0.1) is 0 Å². The lowest BCUT2D eigenvalue weighted by atomic mass is 10.3. The van der Waals surface area contributed by atoms with E-state index in [9.17, 15) is 18.0 Å². The first-order valence-electron chi connectivity index (χ1n) is 3.26. The fourth-order valence-corrected chi connectivity index (χ4v) is 1.59. The van der Waals surface area contributed by atoms with Gasteiger partial charge in [-0.25, -0.2) is 4.98 Å². The first-order valence-corrected chi connectivity index (χ1v) is 4.71. The summed E-state index contributed by atoms with van der Waals surface area (Å²) in [6.45, 7) is 0. The van der Waals surface area contributed by atoms with Gasteiger partial charge in [0.05, 0.1) is 0 Å². The zero-order chi connectivity index (χ0) is 10.9. The molecule has 0 atom stereocenters. The number of carbonyl (C=O) groups excluding carboxylic acids is 1. The Morgan fingerprint density at radius 2 is 2.00 bits per heavy atom. The molecule has 2 nitrogen and oxygen atoms in total. The fourth-order valence-electron chi connectivity index (χ4n) is 0.738. The standard InChI is InChI=1S/C7H2ClF3INO/c8-6(14)5-3(12)1-2-4(13-5)7(9,10)11/h1-2H. The van der Waals surface area contributed by atoms with E-state index in [2.05, 4.69) is 4.98 Å². The smallest absolute Gasteiger partial charge is 0.274 e. The molecule has 7 heteroatoms. The minimum absolute atomic E-state index is 0.288. The SMILES string of the molecule is O=C(Cl)c1nc(C(F)(F)F)ccc1I. The molecule has 0 spiro atoms. The van der Waals surface area contributed by atoms with Gasteiger partial charge in [0.15, 0.2) is 0 Å². The molecule has 0 bridgehead atoms. The summed E-state index contributed by atoms with van der Waals surface area (Å²) in [6.07, 6.45) is -4.56. The number of aromatic nitrogens is 1. The predicted octanol–water partition coefficient (Wildman–Crippen LogP) is 3.08. The summed E-state index contributed by atoms with van der Waals surface area (Å²) in [6, 6.07) is 1.94. The molecule has 1 rings (SSSR count). The van der Waals surface area contributed by atoms with Gasteiger partial charge >= 0.3 is 6.18 Å². The monoisotopic (exact) mass is 335 g/mol. The van der Waals surface area contributed by atoms with Crippen molar-refractivity contribution in [3.05, 3.63) is 27.1 Å². The van der Waals surface area contributed by atoms with E-state index >= 15 is 0 Å². The van der Waals surface area contributed by atoms with Crippen molar-refractivity contribution in [3.8, 4) is 0 Å². The zero-order valence-corrected chi connectivity index (χ0v) is 9.31. The Balaban J connectivity index is 3.27. The number of hydrogen-bond donors (Lipinski definition) is 0. The van der Waals surface area contributed by atoms with Crippen molar-refractivity contribution < 1.29 is 18.0 Å². The molecular weight excluding hydrogens is 333 g/mol. The molecule has 0 amide bonds. The van der Waals surface area contributed by atoms with Gasteiger partial charge in [-0.3, -0.25) is 4.79 Å². The molecule has 1 aromatic heterocycles. The van der Waals surface area contributed by atoms with Crippen LogP contribution in [0, 0.1) is 3.57 Å². The summed E-state index contributed by atoms with van der Waals surface area (Å²) in [4.78, 5) is 13.8. The van der Waals surface area contributed by atoms with Gasteiger partial charge in [0.2, 0.25) is 0 Å². The number of halogens is 5. The lowest BCUT2D eigenvalue weighted by Crippen LogP contribution is -2.11. The fraction of sp³-hybridized carbons (Fsp3) is 0.143. The minimum atomic E-state index is -4.56.